The van der Waals surface area contributed by atoms with Crippen LogP contribution in [0.5, 0.6) is 17.2 Å². The Morgan fingerprint density at radius 2 is 1.93 bits per heavy atom. The van der Waals surface area contributed by atoms with Crippen molar-refractivity contribution in [1.82, 2.24) is 4.90 Å². The fourth-order valence-electron chi connectivity index (χ4n) is 3.96. The Morgan fingerprint density at radius 1 is 1.17 bits per heavy atom. The second-order valence-corrected chi connectivity index (χ2v) is 8.43. The van der Waals surface area contributed by atoms with Gasteiger partial charge in [0.1, 0.15) is 5.75 Å². The van der Waals surface area contributed by atoms with Gasteiger partial charge in [0.15, 0.2) is 11.5 Å². The third kappa shape index (κ3) is 4.62. The molecule has 1 atom stereocenters. The molecule has 0 bridgehead atoms. The van der Waals surface area contributed by atoms with Crippen LogP contribution in [-0.2, 0) is 11.2 Å². The third-order valence-electron chi connectivity index (χ3n) is 5.56. The zero-order chi connectivity index (χ0) is 21.1. The topological polar surface area (TPSA) is 48.0 Å². The first-order chi connectivity index (χ1) is 14.5. The number of benzene rings is 2. The van der Waals surface area contributed by atoms with Crippen molar-refractivity contribution in [2.75, 3.05) is 26.4 Å². The maximum absolute atomic E-state index is 12.9. The van der Waals surface area contributed by atoms with Gasteiger partial charge in [0.25, 0.3) is 0 Å². The van der Waals surface area contributed by atoms with Gasteiger partial charge in [-0.2, -0.15) is 0 Å². The predicted molar refractivity (Wildman–Crippen MR) is 117 cm³/mol. The van der Waals surface area contributed by atoms with Crippen LogP contribution in [0.2, 0.25) is 10.0 Å². The Labute approximate surface area is 186 Å². The van der Waals surface area contributed by atoms with Crippen molar-refractivity contribution >= 4 is 29.1 Å². The number of amides is 1. The molecule has 160 valence electrons. The van der Waals surface area contributed by atoms with E-state index in [9.17, 15) is 4.79 Å². The molecule has 0 spiro atoms. The first-order valence-corrected chi connectivity index (χ1v) is 11.1. The molecule has 7 heteroatoms. The van der Waals surface area contributed by atoms with Crippen molar-refractivity contribution in [3.05, 3.63) is 51.5 Å². The average molecular weight is 450 g/mol. The first-order valence-electron chi connectivity index (χ1n) is 10.3. The van der Waals surface area contributed by atoms with Crippen LogP contribution in [0, 0.1) is 0 Å². The number of ether oxygens (including phenoxy) is 3. The molecule has 2 heterocycles. The third-order valence-corrected chi connectivity index (χ3v) is 6.09. The lowest BCUT2D eigenvalue weighted by Gasteiger charge is -2.36. The lowest BCUT2D eigenvalue weighted by Crippen LogP contribution is -2.38. The second-order valence-electron chi connectivity index (χ2n) is 7.59. The van der Waals surface area contributed by atoms with Gasteiger partial charge >= 0.3 is 0 Å². The summed E-state index contributed by atoms with van der Waals surface area (Å²) in [5, 5.41) is 1.04. The molecule has 2 aliphatic rings. The minimum absolute atomic E-state index is 0.00466. The lowest BCUT2D eigenvalue weighted by atomic mass is 9.92. The number of carbonyl (C=O) groups excluding carboxylic acids is 1. The van der Waals surface area contributed by atoms with Crippen LogP contribution in [0.3, 0.4) is 0 Å². The molecule has 0 unspecified atom stereocenters. The summed E-state index contributed by atoms with van der Waals surface area (Å²) in [5.41, 5.74) is 2.37. The molecule has 2 aromatic carbocycles. The molecule has 0 N–H and O–H groups in total. The quantitative estimate of drug-likeness (QED) is 0.568. The fraction of sp³-hybridized carbons (Fsp3) is 0.435. The number of hydrogen-bond donors (Lipinski definition) is 0. The van der Waals surface area contributed by atoms with Crippen LogP contribution < -0.4 is 14.2 Å². The van der Waals surface area contributed by atoms with Gasteiger partial charge in [-0.25, -0.2) is 0 Å². The highest BCUT2D eigenvalue weighted by Crippen LogP contribution is 2.39. The molecule has 0 radical (unpaired) electrons. The minimum Gasteiger partial charge on any atom is -0.492 e. The van der Waals surface area contributed by atoms with Gasteiger partial charge < -0.3 is 19.1 Å². The van der Waals surface area contributed by atoms with Gasteiger partial charge in [0, 0.05) is 24.4 Å². The van der Waals surface area contributed by atoms with Gasteiger partial charge in [-0.05, 0) is 61.2 Å². The molecule has 2 aromatic rings. The molecule has 0 fully saturated rings. The Bertz CT molecular complexity index is 934. The van der Waals surface area contributed by atoms with E-state index in [1.165, 1.54) is 5.56 Å². The zero-order valence-corrected chi connectivity index (χ0v) is 18.5. The number of halogens is 2. The largest absolute Gasteiger partial charge is 0.492 e. The summed E-state index contributed by atoms with van der Waals surface area (Å²) in [6.45, 7) is 4.53. The van der Waals surface area contributed by atoms with E-state index in [4.69, 9.17) is 37.4 Å². The van der Waals surface area contributed by atoms with E-state index in [1.54, 1.807) is 18.2 Å². The Balaban J connectivity index is 1.34. The molecular weight excluding hydrogens is 425 g/mol. The van der Waals surface area contributed by atoms with E-state index >= 15 is 0 Å². The van der Waals surface area contributed by atoms with Crippen LogP contribution in [0.25, 0.3) is 0 Å². The van der Waals surface area contributed by atoms with Crippen LogP contribution >= 0.6 is 23.2 Å². The molecular formula is C23H25Cl2NO4. The second kappa shape index (κ2) is 9.36. The van der Waals surface area contributed by atoms with E-state index in [-0.39, 0.29) is 11.9 Å². The van der Waals surface area contributed by atoms with E-state index in [2.05, 4.69) is 13.0 Å². The summed E-state index contributed by atoms with van der Waals surface area (Å²) >= 11 is 12.0. The fourth-order valence-corrected chi connectivity index (χ4v) is 4.42. The van der Waals surface area contributed by atoms with Gasteiger partial charge in [-0.1, -0.05) is 23.2 Å². The minimum atomic E-state index is 0.00466. The Morgan fingerprint density at radius 3 is 2.70 bits per heavy atom. The monoisotopic (exact) mass is 449 g/mol. The highest BCUT2D eigenvalue weighted by molar-refractivity contribution is 6.35. The summed E-state index contributed by atoms with van der Waals surface area (Å²) in [7, 11) is 0. The molecule has 4 rings (SSSR count). The van der Waals surface area contributed by atoms with Crippen molar-refractivity contribution < 1.29 is 19.0 Å². The summed E-state index contributed by atoms with van der Waals surface area (Å²) < 4.78 is 17.3. The number of fused-ring (bicyclic) bond motifs is 2. The van der Waals surface area contributed by atoms with E-state index in [1.807, 2.05) is 11.0 Å². The van der Waals surface area contributed by atoms with E-state index < -0.39 is 0 Å². The molecule has 0 saturated carbocycles. The number of hydrogen-bond acceptors (Lipinski definition) is 4. The molecule has 5 nitrogen and oxygen atoms in total. The number of rotatable bonds is 5. The van der Waals surface area contributed by atoms with Gasteiger partial charge in [-0.3, -0.25) is 4.79 Å². The Hall–Kier alpha value is -2.11. The SMILES string of the molecule is C[C@@H]1c2cc3c(cc2CCN1C(=O)CCCOc1ccc(Cl)cc1Cl)OCCCO3. The van der Waals surface area contributed by atoms with Crippen molar-refractivity contribution in [3.8, 4) is 17.2 Å². The highest BCUT2D eigenvalue weighted by Gasteiger charge is 2.29. The van der Waals surface area contributed by atoms with Crippen LogP contribution in [0.15, 0.2) is 30.3 Å². The Kier molecular flexibility index (Phi) is 6.59. The standard InChI is InChI=1S/C23H25Cl2NO4/c1-15-18-14-22-21(29-10-3-11-30-22)12-16(18)7-8-26(15)23(27)4-2-9-28-20-6-5-17(24)13-19(20)25/h5-6,12-15H,2-4,7-11H2,1H3/t15-/m1/s1. The molecule has 30 heavy (non-hydrogen) atoms. The first kappa shape index (κ1) is 21.1. The summed E-state index contributed by atoms with van der Waals surface area (Å²) in [4.78, 5) is 14.8. The maximum atomic E-state index is 12.9. The maximum Gasteiger partial charge on any atom is 0.223 e. The predicted octanol–water partition coefficient (Wildman–Crippen LogP) is 5.46. The summed E-state index contributed by atoms with van der Waals surface area (Å²) in [6.07, 6.45) is 2.74. The number of carbonyl (C=O) groups is 1. The van der Waals surface area contributed by atoms with Crippen molar-refractivity contribution in [1.29, 1.82) is 0 Å². The van der Waals surface area contributed by atoms with Crippen molar-refractivity contribution in [2.45, 2.75) is 38.6 Å². The van der Waals surface area contributed by atoms with Crippen LogP contribution in [0.1, 0.15) is 43.4 Å². The van der Waals surface area contributed by atoms with E-state index in [0.29, 0.717) is 55.0 Å². The molecule has 0 aliphatic carbocycles. The van der Waals surface area contributed by atoms with Gasteiger partial charge in [0.2, 0.25) is 5.91 Å². The summed E-state index contributed by atoms with van der Waals surface area (Å²) in [6, 6.07) is 9.25. The van der Waals surface area contributed by atoms with Gasteiger partial charge in [0.05, 0.1) is 30.9 Å². The lowest BCUT2D eigenvalue weighted by molar-refractivity contribution is -0.134. The molecule has 2 aliphatic heterocycles. The highest BCUT2D eigenvalue weighted by atomic mass is 35.5. The number of nitrogens with zero attached hydrogens (tertiary/aromatic N) is 1. The van der Waals surface area contributed by atoms with Gasteiger partial charge in [-0.15, -0.1) is 0 Å². The average Bonchev–Trinajstić information content (AvgIpc) is 2.96. The summed E-state index contributed by atoms with van der Waals surface area (Å²) in [5.74, 6) is 2.31. The zero-order valence-electron chi connectivity index (χ0n) is 17.0. The normalized spacial score (nSPS) is 17.8. The molecule has 0 aromatic heterocycles. The van der Waals surface area contributed by atoms with Crippen LogP contribution in [-0.4, -0.2) is 37.2 Å². The van der Waals surface area contributed by atoms with Crippen molar-refractivity contribution in [2.24, 2.45) is 0 Å². The smallest absolute Gasteiger partial charge is 0.223 e. The van der Waals surface area contributed by atoms with Crippen LogP contribution in [0.4, 0.5) is 0 Å². The molecule has 1 amide bonds. The van der Waals surface area contributed by atoms with Crippen molar-refractivity contribution in [3.63, 3.8) is 0 Å². The van der Waals surface area contributed by atoms with E-state index in [0.717, 1.165) is 29.9 Å². The molecule has 0 saturated heterocycles.